The van der Waals surface area contributed by atoms with E-state index in [1.807, 2.05) is 12.1 Å². The predicted octanol–water partition coefficient (Wildman–Crippen LogP) is 1.70. The normalized spacial score (nSPS) is 20.6. The summed E-state index contributed by atoms with van der Waals surface area (Å²) in [6.45, 7) is 2.15. The van der Waals surface area contributed by atoms with E-state index in [0.717, 1.165) is 30.1 Å². The molecule has 1 aliphatic rings. The van der Waals surface area contributed by atoms with Crippen molar-refractivity contribution >= 4 is 17.0 Å². The largest absolute Gasteiger partial charge is 0.341 e. The summed E-state index contributed by atoms with van der Waals surface area (Å²) in [4.78, 5) is 12.7. The first-order valence-electron chi connectivity index (χ1n) is 6.10. The van der Waals surface area contributed by atoms with Gasteiger partial charge in [-0.1, -0.05) is 12.1 Å². The number of para-hydroxylation sites is 2. The maximum absolute atomic E-state index is 4.64. The van der Waals surface area contributed by atoms with E-state index < -0.39 is 0 Å². The Balaban J connectivity index is 1.85. The van der Waals surface area contributed by atoms with Gasteiger partial charge in [0, 0.05) is 19.1 Å². The summed E-state index contributed by atoms with van der Waals surface area (Å²) in [5.41, 5.74) is 2.17. The summed E-state index contributed by atoms with van der Waals surface area (Å²) < 4.78 is 0. The molecule has 3 rings (SSSR count). The molecule has 0 saturated carbocycles. The SMILES string of the molecule is CN(C)[C@@H]1CCN(c2nc3ccccc3[nH]2)C1. The molecule has 1 atom stereocenters. The number of aromatic nitrogens is 2. The van der Waals surface area contributed by atoms with Gasteiger partial charge < -0.3 is 14.8 Å². The highest BCUT2D eigenvalue weighted by Crippen LogP contribution is 2.22. The summed E-state index contributed by atoms with van der Waals surface area (Å²) >= 11 is 0. The van der Waals surface area contributed by atoms with Gasteiger partial charge in [-0.05, 0) is 32.6 Å². The van der Waals surface area contributed by atoms with E-state index in [1.165, 1.54) is 6.42 Å². The minimum atomic E-state index is 0.642. The van der Waals surface area contributed by atoms with Gasteiger partial charge in [-0.25, -0.2) is 4.98 Å². The minimum Gasteiger partial charge on any atom is -0.341 e. The highest BCUT2D eigenvalue weighted by atomic mass is 15.3. The van der Waals surface area contributed by atoms with Crippen molar-refractivity contribution in [1.29, 1.82) is 0 Å². The first-order chi connectivity index (χ1) is 8.24. The summed E-state index contributed by atoms with van der Waals surface area (Å²) in [5, 5.41) is 0. The zero-order valence-corrected chi connectivity index (χ0v) is 10.3. The molecule has 1 aromatic carbocycles. The monoisotopic (exact) mass is 230 g/mol. The maximum atomic E-state index is 4.64. The van der Waals surface area contributed by atoms with Crippen molar-refractivity contribution in [2.45, 2.75) is 12.5 Å². The fourth-order valence-electron chi connectivity index (χ4n) is 2.44. The second-order valence-corrected chi connectivity index (χ2v) is 4.93. The Morgan fingerprint density at radius 2 is 2.18 bits per heavy atom. The molecule has 4 nitrogen and oxygen atoms in total. The second-order valence-electron chi connectivity index (χ2n) is 4.93. The molecular formula is C13H18N4. The Bertz CT molecular complexity index is 484. The third-order valence-corrected chi connectivity index (χ3v) is 3.57. The van der Waals surface area contributed by atoms with E-state index in [2.05, 4.69) is 46.0 Å². The van der Waals surface area contributed by atoms with Crippen LogP contribution in [0.4, 0.5) is 5.95 Å². The summed E-state index contributed by atoms with van der Waals surface area (Å²) in [5.74, 6) is 1.01. The van der Waals surface area contributed by atoms with Gasteiger partial charge in [0.2, 0.25) is 5.95 Å². The molecule has 0 radical (unpaired) electrons. The van der Waals surface area contributed by atoms with Crippen LogP contribution in [-0.4, -0.2) is 48.1 Å². The molecule has 0 bridgehead atoms. The van der Waals surface area contributed by atoms with Gasteiger partial charge in [-0.2, -0.15) is 0 Å². The zero-order valence-electron chi connectivity index (χ0n) is 10.3. The number of fused-ring (bicyclic) bond motifs is 1. The van der Waals surface area contributed by atoms with E-state index in [4.69, 9.17) is 0 Å². The Morgan fingerprint density at radius 1 is 1.35 bits per heavy atom. The van der Waals surface area contributed by atoms with Gasteiger partial charge in [-0.3, -0.25) is 0 Å². The average molecular weight is 230 g/mol. The molecule has 17 heavy (non-hydrogen) atoms. The van der Waals surface area contributed by atoms with E-state index >= 15 is 0 Å². The molecule has 2 heterocycles. The van der Waals surface area contributed by atoms with Crippen LogP contribution < -0.4 is 4.90 Å². The zero-order chi connectivity index (χ0) is 11.8. The number of hydrogen-bond acceptors (Lipinski definition) is 3. The Morgan fingerprint density at radius 3 is 2.88 bits per heavy atom. The molecule has 1 aromatic heterocycles. The van der Waals surface area contributed by atoms with Crippen LogP contribution in [-0.2, 0) is 0 Å². The molecule has 0 spiro atoms. The number of nitrogens with zero attached hydrogens (tertiary/aromatic N) is 3. The lowest BCUT2D eigenvalue weighted by Gasteiger charge is -2.19. The highest BCUT2D eigenvalue weighted by Gasteiger charge is 2.25. The van der Waals surface area contributed by atoms with Gasteiger partial charge >= 0.3 is 0 Å². The molecular weight excluding hydrogens is 212 g/mol. The van der Waals surface area contributed by atoms with Crippen molar-refractivity contribution in [1.82, 2.24) is 14.9 Å². The Kier molecular flexibility index (Phi) is 2.52. The molecule has 0 aliphatic carbocycles. The van der Waals surface area contributed by atoms with E-state index in [0.29, 0.717) is 6.04 Å². The molecule has 1 N–H and O–H groups in total. The number of benzene rings is 1. The number of rotatable bonds is 2. The molecule has 0 amide bonds. The van der Waals surface area contributed by atoms with Crippen molar-refractivity contribution < 1.29 is 0 Å². The van der Waals surface area contributed by atoms with Crippen molar-refractivity contribution in [2.24, 2.45) is 0 Å². The third-order valence-electron chi connectivity index (χ3n) is 3.57. The standard InChI is InChI=1S/C13H18N4/c1-16(2)10-7-8-17(9-10)13-14-11-5-3-4-6-12(11)15-13/h3-6,10H,7-9H2,1-2H3,(H,14,15)/t10-/m1/s1. The smallest absolute Gasteiger partial charge is 0.203 e. The lowest BCUT2D eigenvalue weighted by atomic mass is 10.2. The number of aromatic amines is 1. The van der Waals surface area contributed by atoms with Crippen molar-refractivity contribution in [3.05, 3.63) is 24.3 Å². The lowest BCUT2D eigenvalue weighted by molar-refractivity contribution is 0.315. The van der Waals surface area contributed by atoms with Gasteiger partial charge in [0.05, 0.1) is 11.0 Å². The van der Waals surface area contributed by atoms with Crippen LogP contribution in [0.5, 0.6) is 0 Å². The minimum absolute atomic E-state index is 0.642. The lowest BCUT2D eigenvalue weighted by Crippen LogP contribution is -2.31. The predicted molar refractivity (Wildman–Crippen MR) is 70.4 cm³/mol. The molecule has 4 heteroatoms. The van der Waals surface area contributed by atoms with Gasteiger partial charge in [0.1, 0.15) is 0 Å². The van der Waals surface area contributed by atoms with Crippen LogP contribution in [0.3, 0.4) is 0 Å². The van der Waals surface area contributed by atoms with Crippen molar-refractivity contribution in [3.8, 4) is 0 Å². The quantitative estimate of drug-likeness (QED) is 0.853. The highest BCUT2D eigenvalue weighted by molar-refractivity contribution is 5.77. The van der Waals surface area contributed by atoms with E-state index in [9.17, 15) is 0 Å². The number of hydrogen-bond donors (Lipinski definition) is 1. The van der Waals surface area contributed by atoms with Crippen molar-refractivity contribution in [3.63, 3.8) is 0 Å². The molecule has 2 aromatic rings. The van der Waals surface area contributed by atoms with Crippen LogP contribution in [0, 0.1) is 0 Å². The van der Waals surface area contributed by atoms with E-state index in [1.54, 1.807) is 0 Å². The number of H-pyrrole nitrogens is 1. The van der Waals surface area contributed by atoms with Crippen LogP contribution in [0.15, 0.2) is 24.3 Å². The molecule has 0 unspecified atom stereocenters. The fourth-order valence-corrected chi connectivity index (χ4v) is 2.44. The van der Waals surface area contributed by atoms with Gasteiger partial charge in [0.25, 0.3) is 0 Å². The van der Waals surface area contributed by atoms with Crippen LogP contribution in [0.25, 0.3) is 11.0 Å². The molecule has 1 fully saturated rings. The van der Waals surface area contributed by atoms with Gasteiger partial charge in [-0.15, -0.1) is 0 Å². The average Bonchev–Trinajstić information content (AvgIpc) is 2.95. The number of imidazole rings is 1. The number of anilines is 1. The van der Waals surface area contributed by atoms with Crippen LogP contribution in [0.2, 0.25) is 0 Å². The fraction of sp³-hybridized carbons (Fsp3) is 0.462. The summed E-state index contributed by atoms with van der Waals surface area (Å²) in [7, 11) is 4.29. The van der Waals surface area contributed by atoms with Crippen LogP contribution >= 0.6 is 0 Å². The first-order valence-corrected chi connectivity index (χ1v) is 6.10. The van der Waals surface area contributed by atoms with E-state index in [-0.39, 0.29) is 0 Å². The summed E-state index contributed by atoms with van der Waals surface area (Å²) in [6, 6.07) is 8.83. The van der Waals surface area contributed by atoms with Gasteiger partial charge in [0.15, 0.2) is 0 Å². The Labute approximate surface area is 101 Å². The van der Waals surface area contributed by atoms with Crippen LogP contribution in [0.1, 0.15) is 6.42 Å². The first kappa shape index (κ1) is 10.6. The number of likely N-dealkylation sites (N-methyl/N-ethyl adjacent to an activating group) is 1. The molecule has 90 valence electrons. The molecule has 1 saturated heterocycles. The summed E-state index contributed by atoms with van der Waals surface area (Å²) in [6.07, 6.45) is 1.21. The molecule has 1 aliphatic heterocycles. The second kappa shape index (κ2) is 4.04. The maximum Gasteiger partial charge on any atom is 0.203 e. The topological polar surface area (TPSA) is 35.2 Å². The Hall–Kier alpha value is -1.55. The number of nitrogens with one attached hydrogen (secondary N) is 1. The third kappa shape index (κ3) is 1.89. The van der Waals surface area contributed by atoms with Crippen molar-refractivity contribution in [2.75, 3.05) is 32.1 Å².